The first kappa shape index (κ1) is 19.9. The standard InChI is InChI=1S/C18H27N3O5/c1-3-12(4-2)21-15(11-8-6-5-7-9-11)20-17(25)14(18(21)26)16(24)19-10-13(22)23/h11-12,25H,3-10H2,1-2H3,(H,19,24)(H,22,23). The minimum Gasteiger partial charge on any atom is -0.493 e. The normalized spacial score (nSPS) is 15.2. The van der Waals surface area contributed by atoms with Crippen LogP contribution >= 0.6 is 0 Å². The van der Waals surface area contributed by atoms with Gasteiger partial charge in [-0.15, -0.1) is 0 Å². The molecule has 0 bridgehead atoms. The number of nitrogens with zero attached hydrogens (tertiary/aromatic N) is 2. The summed E-state index contributed by atoms with van der Waals surface area (Å²) in [6, 6.07) is -0.126. The molecule has 8 heteroatoms. The second-order valence-corrected chi connectivity index (χ2v) is 6.73. The van der Waals surface area contributed by atoms with Gasteiger partial charge in [0.2, 0.25) is 5.88 Å². The van der Waals surface area contributed by atoms with Gasteiger partial charge >= 0.3 is 5.97 Å². The van der Waals surface area contributed by atoms with E-state index < -0.39 is 35.4 Å². The minimum absolute atomic E-state index is 0.0825. The van der Waals surface area contributed by atoms with Crippen molar-refractivity contribution in [3.8, 4) is 5.88 Å². The van der Waals surface area contributed by atoms with Crippen molar-refractivity contribution in [1.29, 1.82) is 0 Å². The summed E-state index contributed by atoms with van der Waals surface area (Å²) in [6.07, 6.45) is 6.42. The van der Waals surface area contributed by atoms with Gasteiger partial charge in [0.05, 0.1) is 0 Å². The Labute approximate surface area is 152 Å². The summed E-state index contributed by atoms with van der Waals surface area (Å²) < 4.78 is 1.55. The summed E-state index contributed by atoms with van der Waals surface area (Å²) in [7, 11) is 0. The summed E-state index contributed by atoms with van der Waals surface area (Å²) >= 11 is 0. The van der Waals surface area contributed by atoms with Crippen LogP contribution in [0.5, 0.6) is 5.88 Å². The lowest BCUT2D eigenvalue weighted by Crippen LogP contribution is -2.39. The van der Waals surface area contributed by atoms with Crippen LogP contribution in [0.3, 0.4) is 0 Å². The van der Waals surface area contributed by atoms with Gasteiger partial charge < -0.3 is 15.5 Å². The molecule has 0 saturated heterocycles. The zero-order chi connectivity index (χ0) is 19.3. The fraction of sp³-hybridized carbons (Fsp3) is 0.667. The van der Waals surface area contributed by atoms with E-state index in [1.807, 2.05) is 13.8 Å². The van der Waals surface area contributed by atoms with Gasteiger partial charge in [0.15, 0.2) is 5.56 Å². The molecule has 1 aromatic rings. The van der Waals surface area contributed by atoms with Crippen LogP contribution in [0.4, 0.5) is 0 Å². The summed E-state index contributed by atoms with van der Waals surface area (Å²) in [5, 5.41) is 21.1. The van der Waals surface area contributed by atoms with Crippen molar-refractivity contribution in [2.75, 3.05) is 6.54 Å². The van der Waals surface area contributed by atoms with Crippen LogP contribution in [-0.2, 0) is 4.79 Å². The van der Waals surface area contributed by atoms with Crippen LogP contribution < -0.4 is 10.9 Å². The number of carboxylic acids is 1. The quantitative estimate of drug-likeness (QED) is 0.681. The first-order chi connectivity index (χ1) is 12.4. The smallest absolute Gasteiger partial charge is 0.322 e. The Morgan fingerprint density at radius 3 is 2.38 bits per heavy atom. The lowest BCUT2D eigenvalue weighted by atomic mass is 9.88. The highest BCUT2D eigenvalue weighted by atomic mass is 16.4. The van der Waals surface area contributed by atoms with E-state index in [2.05, 4.69) is 10.3 Å². The molecular weight excluding hydrogens is 338 g/mol. The number of aromatic nitrogens is 2. The van der Waals surface area contributed by atoms with Crippen LogP contribution in [-0.4, -0.2) is 38.2 Å². The van der Waals surface area contributed by atoms with E-state index in [1.165, 1.54) is 0 Å². The molecule has 1 aliphatic rings. The Morgan fingerprint density at radius 1 is 1.23 bits per heavy atom. The van der Waals surface area contributed by atoms with Crippen molar-refractivity contribution in [2.45, 2.75) is 70.8 Å². The highest BCUT2D eigenvalue weighted by Crippen LogP contribution is 2.34. The van der Waals surface area contributed by atoms with E-state index in [9.17, 15) is 19.5 Å². The second-order valence-electron chi connectivity index (χ2n) is 6.73. The molecule has 0 aliphatic heterocycles. The molecule has 26 heavy (non-hydrogen) atoms. The largest absolute Gasteiger partial charge is 0.493 e. The summed E-state index contributed by atoms with van der Waals surface area (Å²) in [4.78, 5) is 40.2. The Bertz CT molecular complexity index is 718. The summed E-state index contributed by atoms with van der Waals surface area (Å²) in [5.41, 5.74) is -1.09. The molecule has 1 aliphatic carbocycles. The van der Waals surface area contributed by atoms with Gasteiger partial charge in [-0.1, -0.05) is 33.1 Å². The Balaban J connectivity index is 2.55. The van der Waals surface area contributed by atoms with E-state index >= 15 is 0 Å². The molecule has 1 heterocycles. The highest BCUT2D eigenvalue weighted by molar-refractivity contribution is 5.97. The number of hydrogen-bond acceptors (Lipinski definition) is 5. The van der Waals surface area contributed by atoms with Gasteiger partial charge in [0.25, 0.3) is 11.5 Å². The molecule has 1 amide bonds. The zero-order valence-corrected chi connectivity index (χ0v) is 15.3. The van der Waals surface area contributed by atoms with E-state index in [0.717, 1.165) is 32.1 Å². The Kier molecular flexibility index (Phi) is 6.76. The third-order valence-electron chi connectivity index (χ3n) is 5.03. The molecule has 8 nitrogen and oxygen atoms in total. The van der Waals surface area contributed by atoms with E-state index in [0.29, 0.717) is 18.7 Å². The lowest BCUT2D eigenvalue weighted by Gasteiger charge is -2.28. The molecule has 0 spiro atoms. The van der Waals surface area contributed by atoms with Crippen molar-refractivity contribution in [3.05, 3.63) is 21.7 Å². The van der Waals surface area contributed by atoms with Crippen molar-refractivity contribution < 1.29 is 19.8 Å². The first-order valence-electron chi connectivity index (χ1n) is 9.26. The summed E-state index contributed by atoms with van der Waals surface area (Å²) in [5.74, 6) is -2.15. The van der Waals surface area contributed by atoms with Gasteiger partial charge in [-0.25, -0.2) is 0 Å². The topological polar surface area (TPSA) is 122 Å². The maximum atomic E-state index is 13.1. The minimum atomic E-state index is -1.23. The van der Waals surface area contributed by atoms with Crippen molar-refractivity contribution >= 4 is 11.9 Å². The molecule has 0 atom stereocenters. The molecule has 0 aromatic carbocycles. The predicted molar refractivity (Wildman–Crippen MR) is 95.6 cm³/mol. The first-order valence-corrected chi connectivity index (χ1v) is 9.26. The molecule has 144 valence electrons. The van der Waals surface area contributed by atoms with E-state index in [1.54, 1.807) is 4.57 Å². The molecule has 1 aromatic heterocycles. The van der Waals surface area contributed by atoms with Gasteiger partial charge in [-0.05, 0) is 25.7 Å². The average Bonchev–Trinajstić information content (AvgIpc) is 2.63. The number of aromatic hydroxyl groups is 1. The van der Waals surface area contributed by atoms with Gasteiger partial charge in [-0.3, -0.25) is 19.0 Å². The number of hydrogen-bond donors (Lipinski definition) is 3. The highest BCUT2D eigenvalue weighted by Gasteiger charge is 2.29. The number of carbonyl (C=O) groups is 2. The number of amides is 1. The van der Waals surface area contributed by atoms with Crippen molar-refractivity contribution in [2.24, 2.45) is 0 Å². The fourth-order valence-electron chi connectivity index (χ4n) is 3.64. The van der Waals surface area contributed by atoms with Crippen molar-refractivity contribution in [3.63, 3.8) is 0 Å². The average molecular weight is 365 g/mol. The zero-order valence-electron chi connectivity index (χ0n) is 15.3. The Morgan fingerprint density at radius 2 is 1.85 bits per heavy atom. The molecule has 0 unspecified atom stereocenters. The van der Waals surface area contributed by atoms with Crippen molar-refractivity contribution in [1.82, 2.24) is 14.9 Å². The number of carbonyl (C=O) groups excluding carboxylic acids is 1. The SMILES string of the molecule is CCC(CC)n1c(C2CCCCC2)nc(O)c(C(=O)NCC(=O)O)c1=O. The number of rotatable bonds is 7. The van der Waals surface area contributed by atoms with Crippen LogP contribution in [0.15, 0.2) is 4.79 Å². The van der Waals surface area contributed by atoms with Gasteiger partial charge in [-0.2, -0.15) is 4.98 Å². The van der Waals surface area contributed by atoms with Crippen LogP contribution in [0, 0.1) is 0 Å². The van der Waals surface area contributed by atoms with Crippen LogP contribution in [0.25, 0.3) is 0 Å². The number of nitrogens with one attached hydrogen (secondary N) is 1. The monoisotopic (exact) mass is 365 g/mol. The van der Waals surface area contributed by atoms with Crippen LogP contribution in [0.1, 0.15) is 86.9 Å². The Hall–Kier alpha value is -2.38. The number of carboxylic acid groups (broad SMARTS) is 1. The second kappa shape index (κ2) is 8.82. The third-order valence-corrected chi connectivity index (χ3v) is 5.03. The lowest BCUT2D eigenvalue weighted by molar-refractivity contribution is -0.135. The molecule has 3 N–H and O–H groups in total. The molecule has 1 saturated carbocycles. The predicted octanol–water partition coefficient (Wildman–Crippen LogP) is 2.17. The maximum Gasteiger partial charge on any atom is 0.322 e. The van der Waals surface area contributed by atoms with E-state index in [4.69, 9.17) is 5.11 Å². The van der Waals surface area contributed by atoms with E-state index in [-0.39, 0.29) is 12.0 Å². The molecule has 2 rings (SSSR count). The molecule has 0 radical (unpaired) electrons. The van der Waals surface area contributed by atoms with Gasteiger partial charge in [0.1, 0.15) is 12.4 Å². The summed E-state index contributed by atoms with van der Waals surface area (Å²) in [6.45, 7) is 3.29. The fourth-order valence-corrected chi connectivity index (χ4v) is 3.64. The van der Waals surface area contributed by atoms with Crippen LogP contribution in [0.2, 0.25) is 0 Å². The molecule has 1 fully saturated rings. The molecular formula is C18H27N3O5. The maximum absolute atomic E-state index is 13.1. The van der Waals surface area contributed by atoms with Gasteiger partial charge in [0, 0.05) is 12.0 Å². The third kappa shape index (κ3) is 4.23. The number of aliphatic carboxylic acids is 1.